The van der Waals surface area contributed by atoms with Crippen LogP contribution in [0.25, 0.3) is 0 Å². The zero-order chi connectivity index (χ0) is 15.6. The van der Waals surface area contributed by atoms with Crippen LogP contribution in [-0.2, 0) is 0 Å². The van der Waals surface area contributed by atoms with Crippen LogP contribution in [0.2, 0.25) is 0 Å². The Kier molecular flexibility index (Phi) is 4.74. The summed E-state index contributed by atoms with van der Waals surface area (Å²) in [6, 6.07) is 7.77. The Bertz CT molecular complexity index is 680. The Hall–Kier alpha value is -1.73. The van der Waals surface area contributed by atoms with Gasteiger partial charge in [-0.2, -0.15) is 0 Å². The molecule has 0 saturated carbocycles. The monoisotopic (exact) mass is 368 g/mol. The number of aryl methyl sites for hydroxylation is 1. The van der Waals surface area contributed by atoms with Crippen LogP contribution >= 0.6 is 27.3 Å². The Morgan fingerprint density at radius 3 is 2.71 bits per heavy atom. The summed E-state index contributed by atoms with van der Waals surface area (Å²) in [5.41, 5.74) is 1.72. The fourth-order valence-electron chi connectivity index (χ4n) is 1.83. The highest BCUT2D eigenvalue weighted by Gasteiger charge is 2.16. The fourth-order valence-corrected chi connectivity index (χ4v) is 3.27. The number of non-ortho nitro benzene ring substituents is 1. The van der Waals surface area contributed by atoms with E-state index >= 15 is 0 Å². The molecule has 2 rings (SSSR count). The normalized spacial score (nSPS) is 12.0. The SMILES string of the molecule is Cc1cc(C(=O)NC(C)c2cccc([N+](=O)[O-])c2)sc1Br. The molecule has 21 heavy (non-hydrogen) atoms. The number of halogens is 1. The summed E-state index contributed by atoms with van der Waals surface area (Å²) >= 11 is 4.75. The summed E-state index contributed by atoms with van der Waals surface area (Å²) in [5, 5.41) is 13.6. The van der Waals surface area contributed by atoms with Gasteiger partial charge in [0.2, 0.25) is 0 Å². The van der Waals surface area contributed by atoms with Crippen molar-refractivity contribution in [2.45, 2.75) is 19.9 Å². The molecule has 0 radical (unpaired) electrons. The lowest BCUT2D eigenvalue weighted by atomic mass is 10.1. The standard InChI is InChI=1S/C14H13BrN2O3S/c1-8-6-12(21-13(8)15)14(18)16-9(2)10-4-3-5-11(7-10)17(19)20/h3-7,9H,1-2H3,(H,16,18). The number of hydrogen-bond acceptors (Lipinski definition) is 4. The second-order valence-electron chi connectivity index (χ2n) is 4.61. The topological polar surface area (TPSA) is 72.2 Å². The van der Waals surface area contributed by atoms with Gasteiger partial charge in [0.1, 0.15) is 0 Å². The maximum Gasteiger partial charge on any atom is 0.269 e. The first-order valence-electron chi connectivity index (χ1n) is 6.19. The third kappa shape index (κ3) is 3.68. The molecule has 0 spiro atoms. The van der Waals surface area contributed by atoms with Crippen LogP contribution in [-0.4, -0.2) is 10.8 Å². The second kappa shape index (κ2) is 6.36. The smallest absolute Gasteiger partial charge is 0.269 e. The molecule has 1 atom stereocenters. The first-order chi connectivity index (χ1) is 9.88. The number of hydrogen-bond donors (Lipinski definition) is 1. The van der Waals surface area contributed by atoms with Crippen LogP contribution in [0.5, 0.6) is 0 Å². The van der Waals surface area contributed by atoms with Gasteiger partial charge in [-0.1, -0.05) is 12.1 Å². The number of carbonyl (C=O) groups excluding carboxylic acids is 1. The zero-order valence-corrected chi connectivity index (χ0v) is 13.8. The van der Waals surface area contributed by atoms with E-state index in [-0.39, 0.29) is 17.6 Å². The summed E-state index contributed by atoms with van der Waals surface area (Å²) in [5.74, 6) is -0.187. The van der Waals surface area contributed by atoms with E-state index in [0.29, 0.717) is 10.4 Å². The number of nitrogens with zero attached hydrogens (tertiary/aromatic N) is 1. The van der Waals surface area contributed by atoms with E-state index in [9.17, 15) is 14.9 Å². The number of carbonyl (C=O) groups is 1. The number of nitro groups is 1. The number of amides is 1. The molecule has 0 aliphatic rings. The fraction of sp³-hybridized carbons (Fsp3) is 0.214. The maximum atomic E-state index is 12.2. The van der Waals surface area contributed by atoms with Gasteiger partial charge < -0.3 is 5.32 Å². The van der Waals surface area contributed by atoms with Crippen LogP contribution in [0.15, 0.2) is 34.1 Å². The molecule has 110 valence electrons. The quantitative estimate of drug-likeness (QED) is 0.648. The molecule has 1 unspecified atom stereocenters. The Labute approximate surface area is 134 Å². The predicted molar refractivity (Wildman–Crippen MR) is 85.7 cm³/mol. The third-order valence-corrected chi connectivity index (χ3v) is 5.14. The number of rotatable bonds is 4. The van der Waals surface area contributed by atoms with Gasteiger partial charge in [0.05, 0.1) is 19.6 Å². The molecule has 1 aromatic heterocycles. The molecule has 1 amide bonds. The van der Waals surface area contributed by atoms with Crippen molar-refractivity contribution in [3.8, 4) is 0 Å². The van der Waals surface area contributed by atoms with Crippen molar-refractivity contribution in [1.29, 1.82) is 0 Å². The molecule has 1 N–H and O–H groups in total. The lowest BCUT2D eigenvalue weighted by Crippen LogP contribution is -2.25. The van der Waals surface area contributed by atoms with Gasteiger partial charge >= 0.3 is 0 Å². The van der Waals surface area contributed by atoms with E-state index in [1.807, 2.05) is 13.0 Å². The van der Waals surface area contributed by atoms with Gasteiger partial charge in [-0.25, -0.2) is 0 Å². The predicted octanol–water partition coefficient (Wildman–Crippen LogP) is 4.22. The summed E-state index contributed by atoms with van der Waals surface area (Å²) in [7, 11) is 0. The number of thiophene rings is 1. The van der Waals surface area contributed by atoms with Crippen LogP contribution in [0, 0.1) is 17.0 Å². The molecule has 1 aromatic carbocycles. The largest absolute Gasteiger partial charge is 0.345 e. The Balaban J connectivity index is 2.14. The van der Waals surface area contributed by atoms with Crippen LogP contribution in [0.3, 0.4) is 0 Å². The molecule has 0 aliphatic carbocycles. The van der Waals surface area contributed by atoms with Crippen LogP contribution < -0.4 is 5.32 Å². The summed E-state index contributed by atoms with van der Waals surface area (Å²) in [6.45, 7) is 3.72. The van der Waals surface area contributed by atoms with Crippen molar-refractivity contribution in [1.82, 2.24) is 5.32 Å². The van der Waals surface area contributed by atoms with Gasteiger partial charge in [-0.05, 0) is 47.0 Å². The minimum atomic E-state index is -0.447. The van der Waals surface area contributed by atoms with Crippen molar-refractivity contribution < 1.29 is 9.72 Å². The molecule has 0 aliphatic heterocycles. The zero-order valence-electron chi connectivity index (χ0n) is 11.4. The molecule has 0 bridgehead atoms. The number of benzene rings is 1. The maximum absolute atomic E-state index is 12.2. The Morgan fingerprint density at radius 2 is 2.14 bits per heavy atom. The molecule has 7 heteroatoms. The molecule has 5 nitrogen and oxygen atoms in total. The third-order valence-electron chi connectivity index (χ3n) is 3.01. The average Bonchev–Trinajstić information content (AvgIpc) is 2.79. The molecule has 1 heterocycles. The van der Waals surface area contributed by atoms with E-state index < -0.39 is 4.92 Å². The highest BCUT2D eigenvalue weighted by atomic mass is 79.9. The lowest BCUT2D eigenvalue weighted by molar-refractivity contribution is -0.384. The number of nitro benzene ring substituents is 1. The van der Waals surface area contributed by atoms with Crippen LogP contribution in [0.4, 0.5) is 5.69 Å². The second-order valence-corrected chi connectivity index (χ2v) is 6.98. The van der Waals surface area contributed by atoms with E-state index in [2.05, 4.69) is 21.2 Å². The van der Waals surface area contributed by atoms with E-state index in [0.717, 1.165) is 9.35 Å². The van der Waals surface area contributed by atoms with Crippen molar-refractivity contribution in [3.63, 3.8) is 0 Å². The van der Waals surface area contributed by atoms with E-state index in [1.165, 1.54) is 23.5 Å². The highest BCUT2D eigenvalue weighted by Crippen LogP contribution is 2.28. The summed E-state index contributed by atoms with van der Waals surface area (Å²) in [6.07, 6.45) is 0. The average molecular weight is 369 g/mol. The first kappa shape index (κ1) is 15.7. The van der Waals surface area contributed by atoms with E-state index in [4.69, 9.17) is 0 Å². The minimum Gasteiger partial charge on any atom is -0.345 e. The van der Waals surface area contributed by atoms with Crippen molar-refractivity contribution >= 4 is 38.9 Å². The lowest BCUT2D eigenvalue weighted by Gasteiger charge is -2.13. The number of nitrogens with one attached hydrogen (secondary N) is 1. The first-order valence-corrected chi connectivity index (χ1v) is 7.80. The van der Waals surface area contributed by atoms with Gasteiger partial charge in [0, 0.05) is 12.1 Å². The van der Waals surface area contributed by atoms with E-state index in [1.54, 1.807) is 19.1 Å². The Morgan fingerprint density at radius 1 is 1.43 bits per heavy atom. The summed E-state index contributed by atoms with van der Waals surface area (Å²) in [4.78, 5) is 23.1. The van der Waals surface area contributed by atoms with Gasteiger partial charge in [-0.3, -0.25) is 14.9 Å². The minimum absolute atomic E-state index is 0.0170. The highest BCUT2D eigenvalue weighted by molar-refractivity contribution is 9.11. The van der Waals surface area contributed by atoms with Gasteiger partial charge in [-0.15, -0.1) is 11.3 Å². The van der Waals surface area contributed by atoms with Crippen molar-refractivity contribution in [2.24, 2.45) is 0 Å². The summed E-state index contributed by atoms with van der Waals surface area (Å²) < 4.78 is 0.927. The molecular weight excluding hydrogens is 356 g/mol. The molecule has 0 fully saturated rings. The molecule has 0 saturated heterocycles. The van der Waals surface area contributed by atoms with Gasteiger partial charge in [0.15, 0.2) is 0 Å². The van der Waals surface area contributed by atoms with Crippen molar-refractivity contribution in [3.05, 3.63) is 60.2 Å². The van der Waals surface area contributed by atoms with Gasteiger partial charge in [0.25, 0.3) is 11.6 Å². The molecule has 2 aromatic rings. The molecular formula is C14H13BrN2O3S. The van der Waals surface area contributed by atoms with Crippen molar-refractivity contribution in [2.75, 3.05) is 0 Å². The van der Waals surface area contributed by atoms with Crippen LogP contribution in [0.1, 0.15) is 33.8 Å².